The number of hydrogen-bond donors (Lipinski definition) is 2. The lowest BCUT2D eigenvalue weighted by Gasteiger charge is -2.37. The molecule has 0 spiro atoms. The van der Waals surface area contributed by atoms with E-state index >= 15 is 0 Å². The number of piperazine rings is 1. The lowest BCUT2D eigenvalue weighted by Crippen LogP contribution is -2.56. The van der Waals surface area contributed by atoms with Crippen LogP contribution >= 0.6 is 0 Å². The van der Waals surface area contributed by atoms with Crippen LogP contribution in [-0.2, 0) is 4.79 Å². The summed E-state index contributed by atoms with van der Waals surface area (Å²) in [6.07, 6.45) is 0. The second-order valence-corrected chi connectivity index (χ2v) is 6.21. The van der Waals surface area contributed by atoms with Gasteiger partial charge in [-0.3, -0.25) is 14.5 Å². The zero-order chi connectivity index (χ0) is 18.0. The molecule has 1 aliphatic rings. The van der Waals surface area contributed by atoms with Gasteiger partial charge in [0.1, 0.15) is 11.8 Å². The third kappa shape index (κ3) is 3.64. The van der Waals surface area contributed by atoms with E-state index in [4.69, 9.17) is 0 Å². The summed E-state index contributed by atoms with van der Waals surface area (Å²) in [7, 11) is 1.76. The number of aliphatic carboxylic acids is 1. The Morgan fingerprint density at radius 3 is 2.08 bits per heavy atom. The van der Waals surface area contributed by atoms with Crippen molar-refractivity contribution in [3.63, 3.8) is 0 Å². The van der Waals surface area contributed by atoms with E-state index in [9.17, 15) is 19.8 Å². The van der Waals surface area contributed by atoms with Crippen LogP contribution < -0.4 is 0 Å². The fourth-order valence-corrected chi connectivity index (χ4v) is 2.97. The summed E-state index contributed by atoms with van der Waals surface area (Å²) >= 11 is 0. The normalized spacial score (nSPS) is 18.1. The SMILES string of the molecule is CN1CCN(C(=O)c2ccc(-c3ccc(O)cc3)cc2)C[C@@H]1C(=O)O. The topological polar surface area (TPSA) is 81.1 Å². The molecule has 130 valence electrons. The zero-order valence-electron chi connectivity index (χ0n) is 13.9. The van der Waals surface area contributed by atoms with Crippen LogP contribution in [0.5, 0.6) is 5.75 Å². The number of carbonyl (C=O) groups is 2. The maximum Gasteiger partial charge on any atom is 0.322 e. The van der Waals surface area contributed by atoms with Crippen molar-refractivity contribution >= 4 is 11.9 Å². The minimum Gasteiger partial charge on any atom is -0.508 e. The van der Waals surface area contributed by atoms with Crippen molar-refractivity contribution in [2.45, 2.75) is 6.04 Å². The first-order valence-corrected chi connectivity index (χ1v) is 8.07. The molecule has 3 rings (SSSR count). The van der Waals surface area contributed by atoms with Gasteiger partial charge in [0.25, 0.3) is 5.91 Å². The summed E-state index contributed by atoms with van der Waals surface area (Å²) in [4.78, 5) is 27.3. The minimum atomic E-state index is -0.914. The van der Waals surface area contributed by atoms with Gasteiger partial charge in [-0.1, -0.05) is 24.3 Å². The van der Waals surface area contributed by atoms with Crippen LogP contribution in [0.4, 0.5) is 0 Å². The number of likely N-dealkylation sites (N-methyl/N-ethyl adjacent to an activating group) is 1. The second-order valence-electron chi connectivity index (χ2n) is 6.21. The Morgan fingerprint density at radius 2 is 1.52 bits per heavy atom. The first-order valence-electron chi connectivity index (χ1n) is 8.07. The van der Waals surface area contributed by atoms with Crippen molar-refractivity contribution in [3.05, 3.63) is 54.1 Å². The average Bonchev–Trinajstić information content (AvgIpc) is 2.62. The first kappa shape index (κ1) is 17.0. The highest BCUT2D eigenvalue weighted by Gasteiger charge is 2.32. The zero-order valence-corrected chi connectivity index (χ0v) is 13.9. The van der Waals surface area contributed by atoms with Crippen LogP contribution in [-0.4, -0.2) is 64.6 Å². The molecule has 6 nitrogen and oxygen atoms in total. The Labute approximate surface area is 145 Å². The number of hydrogen-bond acceptors (Lipinski definition) is 4. The molecule has 2 aromatic carbocycles. The van der Waals surface area contributed by atoms with E-state index in [1.54, 1.807) is 41.1 Å². The molecule has 1 aliphatic heterocycles. The molecule has 2 N–H and O–H groups in total. The van der Waals surface area contributed by atoms with Gasteiger partial charge in [0.2, 0.25) is 0 Å². The number of benzene rings is 2. The van der Waals surface area contributed by atoms with Crippen LogP contribution in [0.15, 0.2) is 48.5 Å². The molecule has 25 heavy (non-hydrogen) atoms. The Kier molecular flexibility index (Phi) is 4.72. The van der Waals surface area contributed by atoms with Crippen molar-refractivity contribution in [3.8, 4) is 16.9 Å². The number of nitrogens with zero attached hydrogens (tertiary/aromatic N) is 2. The summed E-state index contributed by atoms with van der Waals surface area (Å²) in [6.45, 7) is 1.23. The van der Waals surface area contributed by atoms with Crippen molar-refractivity contribution in [2.24, 2.45) is 0 Å². The number of carboxylic acid groups (broad SMARTS) is 1. The molecule has 2 aromatic rings. The lowest BCUT2D eigenvalue weighted by molar-refractivity contribution is -0.144. The summed E-state index contributed by atoms with van der Waals surface area (Å²) in [5, 5.41) is 18.6. The van der Waals surface area contributed by atoms with Gasteiger partial charge in [-0.25, -0.2) is 0 Å². The van der Waals surface area contributed by atoms with E-state index in [1.165, 1.54) is 0 Å². The molecular formula is C19H20N2O4. The van der Waals surface area contributed by atoms with E-state index in [0.29, 0.717) is 18.7 Å². The number of phenols is 1. The predicted molar refractivity (Wildman–Crippen MR) is 93.5 cm³/mol. The smallest absolute Gasteiger partial charge is 0.322 e. The molecule has 1 amide bonds. The van der Waals surface area contributed by atoms with Crippen LogP contribution in [0.3, 0.4) is 0 Å². The number of amides is 1. The quantitative estimate of drug-likeness (QED) is 0.892. The van der Waals surface area contributed by atoms with Gasteiger partial charge >= 0.3 is 5.97 Å². The van der Waals surface area contributed by atoms with E-state index < -0.39 is 12.0 Å². The molecule has 0 unspecified atom stereocenters. The van der Waals surface area contributed by atoms with Crippen LogP contribution in [0.2, 0.25) is 0 Å². The van der Waals surface area contributed by atoms with Gasteiger partial charge in [-0.05, 0) is 42.4 Å². The van der Waals surface area contributed by atoms with Crippen LogP contribution in [0.1, 0.15) is 10.4 Å². The molecule has 0 aromatic heterocycles. The Balaban J connectivity index is 1.74. The Morgan fingerprint density at radius 1 is 0.960 bits per heavy atom. The third-order valence-electron chi connectivity index (χ3n) is 4.55. The standard InChI is InChI=1S/C19H20N2O4/c1-20-10-11-21(12-17(20)19(24)25)18(23)15-4-2-13(3-5-15)14-6-8-16(22)9-7-14/h2-9,17,22H,10-12H2,1H3,(H,24,25)/t17-/m1/s1. The number of carboxylic acids is 1. The van der Waals surface area contributed by atoms with E-state index in [-0.39, 0.29) is 18.2 Å². The molecule has 0 saturated carbocycles. The molecule has 1 saturated heterocycles. The number of rotatable bonds is 3. The highest BCUT2D eigenvalue weighted by atomic mass is 16.4. The van der Waals surface area contributed by atoms with Gasteiger partial charge in [-0.2, -0.15) is 0 Å². The molecule has 6 heteroatoms. The monoisotopic (exact) mass is 340 g/mol. The molecule has 0 aliphatic carbocycles. The Bertz CT molecular complexity index is 771. The van der Waals surface area contributed by atoms with Gasteiger partial charge in [-0.15, -0.1) is 0 Å². The van der Waals surface area contributed by atoms with Gasteiger partial charge in [0, 0.05) is 25.2 Å². The van der Waals surface area contributed by atoms with E-state index in [1.807, 2.05) is 24.3 Å². The highest BCUT2D eigenvalue weighted by Crippen LogP contribution is 2.23. The van der Waals surface area contributed by atoms with Crippen LogP contribution in [0, 0.1) is 0 Å². The van der Waals surface area contributed by atoms with Gasteiger partial charge in [0.05, 0.1) is 0 Å². The number of aromatic hydroxyl groups is 1. The maximum atomic E-state index is 12.6. The van der Waals surface area contributed by atoms with Gasteiger partial charge in [0.15, 0.2) is 0 Å². The maximum absolute atomic E-state index is 12.6. The van der Waals surface area contributed by atoms with Crippen LogP contribution in [0.25, 0.3) is 11.1 Å². The fourth-order valence-electron chi connectivity index (χ4n) is 2.97. The summed E-state index contributed by atoms with van der Waals surface area (Å²) in [5.74, 6) is -0.863. The minimum absolute atomic E-state index is 0.156. The van der Waals surface area contributed by atoms with Crippen molar-refractivity contribution in [2.75, 3.05) is 26.7 Å². The lowest BCUT2D eigenvalue weighted by atomic mass is 10.0. The highest BCUT2D eigenvalue weighted by molar-refractivity contribution is 5.95. The molecule has 0 radical (unpaired) electrons. The summed E-state index contributed by atoms with van der Waals surface area (Å²) < 4.78 is 0. The number of carbonyl (C=O) groups excluding carboxylic acids is 1. The molecule has 1 heterocycles. The summed E-state index contributed by atoms with van der Waals surface area (Å²) in [6, 6.07) is 13.4. The molecule has 1 fully saturated rings. The van der Waals surface area contributed by atoms with Crippen molar-refractivity contribution in [1.29, 1.82) is 0 Å². The fraction of sp³-hybridized carbons (Fsp3) is 0.263. The van der Waals surface area contributed by atoms with Gasteiger partial charge < -0.3 is 15.1 Å². The molecule has 1 atom stereocenters. The van der Waals surface area contributed by atoms with Crippen molar-refractivity contribution in [1.82, 2.24) is 9.80 Å². The largest absolute Gasteiger partial charge is 0.508 e. The molecule has 0 bridgehead atoms. The van der Waals surface area contributed by atoms with E-state index in [0.717, 1.165) is 11.1 Å². The third-order valence-corrected chi connectivity index (χ3v) is 4.55. The number of phenolic OH excluding ortho intramolecular Hbond substituents is 1. The Hall–Kier alpha value is -2.86. The van der Waals surface area contributed by atoms with E-state index in [2.05, 4.69) is 0 Å². The molecular weight excluding hydrogens is 320 g/mol. The van der Waals surface area contributed by atoms with Crippen molar-refractivity contribution < 1.29 is 19.8 Å². The second kappa shape index (κ2) is 6.94. The first-order chi connectivity index (χ1) is 12.0. The predicted octanol–water partition coefficient (Wildman–Crippen LogP) is 1.90. The average molecular weight is 340 g/mol. The summed E-state index contributed by atoms with van der Waals surface area (Å²) in [5.41, 5.74) is 2.43.